The van der Waals surface area contributed by atoms with E-state index in [1.54, 1.807) is 12.1 Å². The van der Waals surface area contributed by atoms with Crippen LogP contribution < -0.4 is 16.0 Å². The number of imide groups is 1. The second-order valence-corrected chi connectivity index (χ2v) is 4.98. The number of nitrogens with one attached hydrogen (secondary N) is 3. The third-order valence-corrected chi connectivity index (χ3v) is 3.27. The van der Waals surface area contributed by atoms with Gasteiger partial charge < -0.3 is 10.6 Å². The summed E-state index contributed by atoms with van der Waals surface area (Å²) in [7, 11) is 0. The second-order valence-electron chi connectivity index (χ2n) is 4.98. The van der Waals surface area contributed by atoms with Gasteiger partial charge in [-0.1, -0.05) is 6.92 Å². The summed E-state index contributed by atoms with van der Waals surface area (Å²) in [5, 5.41) is 8.08. The van der Waals surface area contributed by atoms with E-state index in [0.717, 1.165) is 18.7 Å². The topological polar surface area (TPSA) is 87.3 Å². The van der Waals surface area contributed by atoms with E-state index in [1.165, 1.54) is 0 Å². The van der Waals surface area contributed by atoms with Crippen LogP contribution in [0.25, 0.3) is 0 Å². The molecule has 0 radical (unpaired) electrons. The molecule has 1 unspecified atom stereocenters. The maximum absolute atomic E-state index is 12.1. The third kappa shape index (κ3) is 4.05. The average Bonchev–Trinajstić information content (AvgIpc) is 2.48. The van der Waals surface area contributed by atoms with Crippen LogP contribution in [0.1, 0.15) is 36.5 Å². The van der Waals surface area contributed by atoms with Gasteiger partial charge in [0, 0.05) is 24.2 Å². The van der Waals surface area contributed by atoms with Crippen molar-refractivity contribution >= 4 is 23.4 Å². The van der Waals surface area contributed by atoms with Crippen molar-refractivity contribution < 1.29 is 14.4 Å². The Morgan fingerprint density at radius 1 is 1.29 bits per heavy atom. The number of rotatable bonds is 5. The van der Waals surface area contributed by atoms with E-state index in [2.05, 4.69) is 22.9 Å². The van der Waals surface area contributed by atoms with Gasteiger partial charge in [0.2, 0.25) is 11.8 Å². The van der Waals surface area contributed by atoms with Gasteiger partial charge >= 0.3 is 0 Å². The minimum Gasteiger partial charge on any atom is -0.385 e. The molecule has 2 rings (SSSR count). The van der Waals surface area contributed by atoms with Crippen LogP contribution in [-0.4, -0.2) is 30.3 Å². The summed E-state index contributed by atoms with van der Waals surface area (Å²) in [4.78, 5) is 34.7. The van der Waals surface area contributed by atoms with Crippen molar-refractivity contribution in [2.24, 2.45) is 0 Å². The first kappa shape index (κ1) is 15.0. The SMILES string of the molecule is CCCNc1ccc(C(=O)NC2CCC(=O)NC2=O)cc1. The Balaban J connectivity index is 1.94. The predicted octanol–water partition coefficient (Wildman–Crippen LogP) is 1.04. The average molecular weight is 289 g/mol. The van der Waals surface area contributed by atoms with Gasteiger partial charge in [0.15, 0.2) is 0 Å². The van der Waals surface area contributed by atoms with Gasteiger partial charge in [-0.2, -0.15) is 0 Å². The largest absolute Gasteiger partial charge is 0.385 e. The summed E-state index contributed by atoms with van der Waals surface area (Å²) in [6.07, 6.45) is 1.61. The molecule has 6 nitrogen and oxygen atoms in total. The van der Waals surface area contributed by atoms with Crippen LogP contribution in [0.3, 0.4) is 0 Å². The molecule has 1 aromatic rings. The molecule has 3 amide bonds. The van der Waals surface area contributed by atoms with Gasteiger partial charge in [0.05, 0.1) is 0 Å². The van der Waals surface area contributed by atoms with Gasteiger partial charge in [-0.05, 0) is 37.1 Å². The number of hydrogen-bond donors (Lipinski definition) is 3. The number of anilines is 1. The zero-order valence-corrected chi connectivity index (χ0v) is 11.9. The van der Waals surface area contributed by atoms with Crippen LogP contribution in [0.2, 0.25) is 0 Å². The summed E-state index contributed by atoms with van der Waals surface area (Å²) in [6.45, 7) is 2.95. The first-order valence-corrected chi connectivity index (χ1v) is 7.08. The molecule has 6 heteroatoms. The zero-order chi connectivity index (χ0) is 15.2. The van der Waals surface area contributed by atoms with E-state index >= 15 is 0 Å². The Morgan fingerprint density at radius 2 is 2.00 bits per heavy atom. The van der Waals surface area contributed by atoms with E-state index in [1.807, 2.05) is 12.1 Å². The van der Waals surface area contributed by atoms with Crippen LogP contribution in [0.15, 0.2) is 24.3 Å². The summed E-state index contributed by atoms with van der Waals surface area (Å²) in [6, 6.07) is 6.43. The molecule has 1 aromatic carbocycles. The number of piperidine rings is 1. The molecule has 1 atom stereocenters. The van der Waals surface area contributed by atoms with Crippen molar-refractivity contribution in [3.8, 4) is 0 Å². The monoisotopic (exact) mass is 289 g/mol. The number of carbonyl (C=O) groups is 3. The summed E-state index contributed by atoms with van der Waals surface area (Å²) < 4.78 is 0. The van der Waals surface area contributed by atoms with Crippen molar-refractivity contribution in [1.29, 1.82) is 0 Å². The lowest BCUT2D eigenvalue weighted by Crippen LogP contribution is -2.52. The molecule has 1 aliphatic rings. The smallest absolute Gasteiger partial charge is 0.251 e. The highest BCUT2D eigenvalue weighted by molar-refractivity contribution is 6.03. The third-order valence-electron chi connectivity index (χ3n) is 3.27. The van der Waals surface area contributed by atoms with Gasteiger partial charge in [0.25, 0.3) is 5.91 Å². The molecule has 0 aromatic heterocycles. The minimum atomic E-state index is -0.645. The predicted molar refractivity (Wildman–Crippen MR) is 78.9 cm³/mol. The molecule has 3 N–H and O–H groups in total. The van der Waals surface area contributed by atoms with Crippen LogP contribution in [-0.2, 0) is 9.59 Å². The summed E-state index contributed by atoms with van der Waals surface area (Å²) >= 11 is 0. The number of benzene rings is 1. The molecular formula is C15H19N3O3. The van der Waals surface area contributed by atoms with E-state index in [4.69, 9.17) is 0 Å². The van der Waals surface area contributed by atoms with Crippen LogP contribution in [0, 0.1) is 0 Å². The van der Waals surface area contributed by atoms with Crippen LogP contribution in [0.5, 0.6) is 0 Å². The molecule has 1 saturated heterocycles. The summed E-state index contributed by atoms with van der Waals surface area (Å²) in [5.41, 5.74) is 1.44. The highest BCUT2D eigenvalue weighted by Crippen LogP contribution is 2.11. The van der Waals surface area contributed by atoms with E-state index in [0.29, 0.717) is 12.0 Å². The van der Waals surface area contributed by atoms with E-state index < -0.39 is 11.9 Å². The standard InChI is InChI=1S/C15H19N3O3/c1-2-9-16-11-5-3-10(4-6-11)14(20)17-12-7-8-13(19)18-15(12)21/h3-6,12,16H,2,7-9H2,1H3,(H,17,20)(H,18,19,21). The van der Waals surface area contributed by atoms with Gasteiger partial charge in [-0.15, -0.1) is 0 Å². The molecule has 0 spiro atoms. The number of hydrogen-bond acceptors (Lipinski definition) is 4. The van der Waals surface area contributed by atoms with Gasteiger partial charge in [-0.3, -0.25) is 19.7 Å². The fourth-order valence-electron chi connectivity index (χ4n) is 2.08. The molecule has 1 fully saturated rings. The molecule has 112 valence electrons. The minimum absolute atomic E-state index is 0.247. The van der Waals surface area contributed by atoms with Gasteiger partial charge in [-0.25, -0.2) is 0 Å². The van der Waals surface area contributed by atoms with Crippen molar-refractivity contribution in [3.05, 3.63) is 29.8 Å². The van der Waals surface area contributed by atoms with Crippen molar-refractivity contribution in [2.45, 2.75) is 32.2 Å². The molecule has 21 heavy (non-hydrogen) atoms. The first-order chi connectivity index (χ1) is 10.1. The highest BCUT2D eigenvalue weighted by Gasteiger charge is 2.27. The van der Waals surface area contributed by atoms with Crippen molar-refractivity contribution in [2.75, 3.05) is 11.9 Å². The fraction of sp³-hybridized carbons (Fsp3) is 0.400. The molecule has 1 heterocycles. The van der Waals surface area contributed by atoms with Crippen LogP contribution >= 0.6 is 0 Å². The molecule has 0 bridgehead atoms. The first-order valence-electron chi connectivity index (χ1n) is 7.08. The molecule has 0 aliphatic carbocycles. The zero-order valence-electron chi connectivity index (χ0n) is 11.9. The lowest BCUT2D eigenvalue weighted by atomic mass is 10.1. The quantitative estimate of drug-likeness (QED) is 0.707. The lowest BCUT2D eigenvalue weighted by Gasteiger charge is -2.21. The lowest BCUT2D eigenvalue weighted by molar-refractivity contribution is -0.134. The van der Waals surface area contributed by atoms with Gasteiger partial charge in [0.1, 0.15) is 6.04 Å². The Bertz CT molecular complexity index is 540. The maximum atomic E-state index is 12.1. The Labute approximate surface area is 123 Å². The fourth-order valence-corrected chi connectivity index (χ4v) is 2.08. The Morgan fingerprint density at radius 3 is 2.62 bits per heavy atom. The van der Waals surface area contributed by atoms with Crippen molar-refractivity contribution in [3.63, 3.8) is 0 Å². The maximum Gasteiger partial charge on any atom is 0.251 e. The summed E-state index contributed by atoms with van der Waals surface area (Å²) in [5.74, 6) is -1.05. The highest BCUT2D eigenvalue weighted by atomic mass is 16.2. The van der Waals surface area contributed by atoms with Crippen molar-refractivity contribution in [1.82, 2.24) is 10.6 Å². The molecular weight excluding hydrogens is 270 g/mol. The Hall–Kier alpha value is -2.37. The molecule has 1 aliphatic heterocycles. The normalized spacial score (nSPS) is 18.0. The Kier molecular flexibility index (Phi) is 4.92. The number of amides is 3. The van der Waals surface area contributed by atoms with Crippen LogP contribution in [0.4, 0.5) is 5.69 Å². The van der Waals surface area contributed by atoms with E-state index in [9.17, 15) is 14.4 Å². The molecule has 0 saturated carbocycles. The number of carbonyl (C=O) groups excluding carboxylic acids is 3. The van der Waals surface area contributed by atoms with E-state index in [-0.39, 0.29) is 18.2 Å². The second kappa shape index (κ2) is 6.88.